The van der Waals surface area contributed by atoms with Gasteiger partial charge in [0, 0.05) is 0 Å². The third-order valence-electron chi connectivity index (χ3n) is 4.84. The lowest BCUT2D eigenvalue weighted by atomic mass is 9.83. The van der Waals surface area contributed by atoms with Crippen LogP contribution in [0.2, 0.25) is 0 Å². The zero-order valence-electron chi connectivity index (χ0n) is 14.9. The van der Waals surface area contributed by atoms with Gasteiger partial charge in [-0.1, -0.05) is 109 Å². The first-order chi connectivity index (χ1) is 13.4. The van der Waals surface area contributed by atoms with Gasteiger partial charge in [-0.2, -0.15) is 5.26 Å². The number of rotatable bonds is 4. The summed E-state index contributed by atoms with van der Waals surface area (Å²) in [6, 6.07) is 39.5. The van der Waals surface area contributed by atoms with Crippen LogP contribution in [0.4, 0.5) is 0 Å². The Bertz CT molecular complexity index is 993. The van der Waals surface area contributed by atoms with E-state index in [4.69, 9.17) is 0 Å². The molecule has 27 heavy (non-hydrogen) atoms. The maximum absolute atomic E-state index is 10.1. The van der Waals surface area contributed by atoms with Gasteiger partial charge in [0.2, 0.25) is 0 Å². The molecule has 0 saturated heterocycles. The molecule has 0 unspecified atom stereocenters. The molecule has 0 atom stereocenters. The van der Waals surface area contributed by atoms with Crippen molar-refractivity contribution in [1.82, 2.24) is 0 Å². The van der Waals surface area contributed by atoms with Gasteiger partial charge in [0.05, 0.1) is 12.0 Å². The van der Waals surface area contributed by atoms with Gasteiger partial charge < -0.3 is 0 Å². The van der Waals surface area contributed by atoms with Crippen LogP contribution in [0.3, 0.4) is 0 Å². The minimum Gasteiger partial charge on any atom is -0.197 e. The van der Waals surface area contributed by atoms with E-state index in [1.54, 1.807) is 0 Å². The normalized spacial score (nSPS) is 10.5. The first-order valence-electron chi connectivity index (χ1n) is 9.07. The molecule has 0 aliphatic heterocycles. The predicted octanol–water partition coefficient (Wildman–Crippen LogP) is 6.68. The van der Waals surface area contributed by atoms with Crippen molar-refractivity contribution in [3.63, 3.8) is 0 Å². The van der Waals surface area contributed by atoms with Gasteiger partial charge in [-0.15, -0.1) is 0 Å². The van der Waals surface area contributed by atoms with E-state index in [2.05, 4.69) is 54.6 Å². The molecule has 4 rings (SSSR count). The maximum Gasteiger partial charge on any atom is 0.0974 e. The zero-order valence-corrected chi connectivity index (χ0v) is 14.9. The molecular formula is C26H19N. The van der Waals surface area contributed by atoms with Crippen LogP contribution in [-0.2, 0) is 0 Å². The number of nitriles is 1. The zero-order chi connectivity index (χ0) is 18.5. The summed E-state index contributed by atoms with van der Waals surface area (Å²) < 4.78 is 0. The van der Waals surface area contributed by atoms with Gasteiger partial charge >= 0.3 is 0 Å². The molecule has 0 aliphatic carbocycles. The van der Waals surface area contributed by atoms with Crippen molar-refractivity contribution in [3.8, 4) is 28.3 Å². The number of hydrogen-bond donors (Lipinski definition) is 0. The molecular weight excluding hydrogens is 326 g/mol. The molecule has 4 aromatic rings. The summed E-state index contributed by atoms with van der Waals surface area (Å²) in [6.07, 6.45) is 0. The predicted molar refractivity (Wildman–Crippen MR) is 111 cm³/mol. The van der Waals surface area contributed by atoms with Gasteiger partial charge in [0.25, 0.3) is 0 Å². The molecule has 0 spiro atoms. The lowest BCUT2D eigenvalue weighted by molar-refractivity contribution is 1.04. The van der Waals surface area contributed by atoms with E-state index >= 15 is 0 Å². The smallest absolute Gasteiger partial charge is 0.0974 e. The SMILES string of the molecule is N#CC(c1ccccc1-c1ccccc1)c1ccccc1-c1ccccc1. The molecule has 0 saturated carbocycles. The van der Waals surface area contributed by atoms with Gasteiger partial charge in [-0.05, 0) is 33.4 Å². The van der Waals surface area contributed by atoms with Crippen LogP contribution in [0.25, 0.3) is 22.3 Å². The lowest BCUT2D eigenvalue weighted by Gasteiger charge is -2.18. The average Bonchev–Trinajstić information content (AvgIpc) is 2.76. The molecule has 0 heterocycles. The second kappa shape index (κ2) is 7.72. The molecule has 0 aromatic heterocycles. The largest absolute Gasteiger partial charge is 0.197 e. The van der Waals surface area contributed by atoms with E-state index in [0.29, 0.717) is 0 Å². The summed E-state index contributed by atoms with van der Waals surface area (Å²) >= 11 is 0. The molecule has 0 aliphatic rings. The van der Waals surface area contributed by atoms with Crippen LogP contribution in [-0.4, -0.2) is 0 Å². The van der Waals surface area contributed by atoms with Crippen molar-refractivity contribution in [2.24, 2.45) is 0 Å². The summed E-state index contributed by atoms with van der Waals surface area (Å²) in [5.74, 6) is -0.335. The quantitative estimate of drug-likeness (QED) is 0.405. The topological polar surface area (TPSA) is 23.8 Å². The summed E-state index contributed by atoms with van der Waals surface area (Å²) in [7, 11) is 0. The van der Waals surface area contributed by atoms with Crippen LogP contribution >= 0.6 is 0 Å². The van der Waals surface area contributed by atoms with Gasteiger partial charge in [0.1, 0.15) is 0 Å². The van der Waals surface area contributed by atoms with Gasteiger partial charge in [0.15, 0.2) is 0 Å². The molecule has 0 amide bonds. The Labute approximate surface area is 160 Å². The lowest BCUT2D eigenvalue weighted by Crippen LogP contribution is -2.03. The van der Waals surface area contributed by atoms with Crippen molar-refractivity contribution in [2.45, 2.75) is 5.92 Å². The Hall–Kier alpha value is -3.63. The fraction of sp³-hybridized carbons (Fsp3) is 0.0385. The first kappa shape index (κ1) is 16.8. The Morgan fingerprint density at radius 3 is 1.26 bits per heavy atom. The second-order valence-electron chi connectivity index (χ2n) is 6.47. The van der Waals surface area contributed by atoms with Crippen LogP contribution in [0.15, 0.2) is 109 Å². The third-order valence-corrected chi connectivity index (χ3v) is 4.84. The van der Waals surface area contributed by atoms with Gasteiger partial charge in [-0.3, -0.25) is 0 Å². The standard InChI is InChI=1S/C26H19N/c27-19-26(24-17-9-7-15-22(24)20-11-3-1-4-12-20)25-18-10-8-16-23(25)21-13-5-2-6-14-21/h1-18,26H. The monoisotopic (exact) mass is 345 g/mol. The van der Waals surface area contributed by atoms with E-state index < -0.39 is 0 Å². The molecule has 0 N–H and O–H groups in total. The first-order valence-corrected chi connectivity index (χ1v) is 9.07. The minimum absolute atomic E-state index is 0.335. The Morgan fingerprint density at radius 2 is 0.852 bits per heavy atom. The highest BCUT2D eigenvalue weighted by Crippen LogP contribution is 2.37. The van der Waals surface area contributed by atoms with Crippen LogP contribution < -0.4 is 0 Å². The highest BCUT2D eigenvalue weighted by Gasteiger charge is 2.20. The van der Waals surface area contributed by atoms with Crippen molar-refractivity contribution in [2.75, 3.05) is 0 Å². The fourth-order valence-corrected chi connectivity index (χ4v) is 3.57. The van der Waals surface area contributed by atoms with Crippen LogP contribution in [0.1, 0.15) is 17.0 Å². The minimum atomic E-state index is -0.335. The van der Waals surface area contributed by atoms with E-state index in [0.717, 1.165) is 33.4 Å². The molecule has 4 aromatic carbocycles. The van der Waals surface area contributed by atoms with Crippen molar-refractivity contribution in [1.29, 1.82) is 5.26 Å². The molecule has 128 valence electrons. The van der Waals surface area contributed by atoms with Gasteiger partial charge in [-0.25, -0.2) is 0 Å². The van der Waals surface area contributed by atoms with Crippen molar-refractivity contribution in [3.05, 3.63) is 120 Å². The van der Waals surface area contributed by atoms with E-state index in [1.807, 2.05) is 60.7 Å². The van der Waals surface area contributed by atoms with E-state index in [-0.39, 0.29) is 5.92 Å². The highest BCUT2D eigenvalue weighted by molar-refractivity contribution is 5.74. The molecule has 1 heteroatoms. The molecule has 0 bridgehead atoms. The third kappa shape index (κ3) is 3.38. The molecule has 0 radical (unpaired) electrons. The highest BCUT2D eigenvalue weighted by atomic mass is 14.3. The average molecular weight is 345 g/mol. The summed E-state index contributed by atoms with van der Waals surface area (Å²) in [4.78, 5) is 0. The second-order valence-corrected chi connectivity index (χ2v) is 6.47. The fourth-order valence-electron chi connectivity index (χ4n) is 3.57. The molecule has 0 fully saturated rings. The van der Waals surface area contributed by atoms with Crippen molar-refractivity contribution < 1.29 is 0 Å². The van der Waals surface area contributed by atoms with E-state index in [1.165, 1.54) is 0 Å². The summed E-state index contributed by atoms with van der Waals surface area (Å²) in [6.45, 7) is 0. The summed E-state index contributed by atoms with van der Waals surface area (Å²) in [5.41, 5.74) is 6.54. The van der Waals surface area contributed by atoms with Crippen LogP contribution in [0, 0.1) is 11.3 Å². The Balaban J connectivity index is 1.88. The number of hydrogen-bond acceptors (Lipinski definition) is 1. The van der Waals surface area contributed by atoms with Crippen LogP contribution in [0.5, 0.6) is 0 Å². The van der Waals surface area contributed by atoms with E-state index in [9.17, 15) is 5.26 Å². The van der Waals surface area contributed by atoms with Crippen molar-refractivity contribution >= 4 is 0 Å². The number of nitrogens with zero attached hydrogens (tertiary/aromatic N) is 1. The Morgan fingerprint density at radius 1 is 0.481 bits per heavy atom. The molecule has 1 nitrogen and oxygen atoms in total. The Kier molecular flexibility index (Phi) is 4.81. The number of benzene rings is 4. The maximum atomic E-state index is 10.1. The summed E-state index contributed by atoms with van der Waals surface area (Å²) in [5, 5.41) is 10.1.